The third kappa shape index (κ3) is 3.37. The molecular weight excluding hydrogens is 302 g/mol. The highest BCUT2D eigenvalue weighted by molar-refractivity contribution is 6.31. The predicted molar refractivity (Wildman–Crippen MR) is 86.0 cm³/mol. The molecule has 1 aromatic carbocycles. The first-order valence-corrected chi connectivity index (χ1v) is 7.41. The standard InChI is InChI=1S/C16H16ClN3O2/c17-12-3-4-14-15(7-12)19-10-20-16(14)18-8-11(9-21)6-13-2-1-5-22-13/h1-5,7,10-11,21H,6,8-9H2,(H,18,19,20)/t11-/m1/s1. The molecule has 0 unspecified atom stereocenters. The summed E-state index contributed by atoms with van der Waals surface area (Å²) in [4.78, 5) is 8.48. The maximum atomic E-state index is 9.52. The fraction of sp³-hybridized carbons (Fsp3) is 0.250. The van der Waals surface area contributed by atoms with Crippen LogP contribution in [0.25, 0.3) is 10.9 Å². The van der Waals surface area contributed by atoms with Gasteiger partial charge in [-0.05, 0) is 30.3 Å². The van der Waals surface area contributed by atoms with E-state index in [0.29, 0.717) is 18.0 Å². The van der Waals surface area contributed by atoms with E-state index in [4.69, 9.17) is 16.0 Å². The Kier molecular flexibility index (Phi) is 4.56. The molecular formula is C16H16ClN3O2. The van der Waals surface area contributed by atoms with E-state index in [-0.39, 0.29) is 12.5 Å². The molecule has 3 rings (SSSR count). The van der Waals surface area contributed by atoms with Crippen LogP contribution < -0.4 is 5.32 Å². The highest BCUT2D eigenvalue weighted by Crippen LogP contribution is 2.22. The second kappa shape index (κ2) is 6.77. The Morgan fingerprint density at radius 1 is 1.27 bits per heavy atom. The van der Waals surface area contributed by atoms with Gasteiger partial charge in [0.05, 0.1) is 11.8 Å². The average Bonchev–Trinajstić information content (AvgIpc) is 3.04. The van der Waals surface area contributed by atoms with Gasteiger partial charge in [-0.15, -0.1) is 0 Å². The normalized spacial score (nSPS) is 12.5. The molecule has 5 nitrogen and oxygen atoms in total. The number of furan rings is 1. The summed E-state index contributed by atoms with van der Waals surface area (Å²) in [6.45, 7) is 0.661. The molecule has 1 atom stereocenters. The molecule has 0 aliphatic heterocycles. The molecule has 0 spiro atoms. The minimum Gasteiger partial charge on any atom is -0.469 e. The lowest BCUT2D eigenvalue weighted by Crippen LogP contribution is -2.20. The fourth-order valence-corrected chi connectivity index (χ4v) is 2.49. The number of aliphatic hydroxyl groups excluding tert-OH is 1. The molecule has 3 aromatic rings. The zero-order chi connectivity index (χ0) is 15.4. The zero-order valence-corrected chi connectivity index (χ0v) is 12.6. The van der Waals surface area contributed by atoms with Crippen LogP contribution in [-0.4, -0.2) is 28.2 Å². The summed E-state index contributed by atoms with van der Waals surface area (Å²) in [5, 5.41) is 14.3. The minimum absolute atomic E-state index is 0.0449. The van der Waals surface area contributed by atoms with Gasteiger partial charge in [-0.1, -0.05) is 11.6 Å². The van der Waals surface area contributed by atoms with E-state index in [1.807, 2.05) is 24.3 Å². The van der Waals surface area contributed by atoms with E-state index >= 15 is 0 Å². The largest absolute Gasteiger partial charge is 0.469 e. The van der Waals surface area contributed by atoms with Crippen molar-refractivity contribution >= 4 is 28.3 Å². The van der Waals surface area contributed by atoms with Crippen molar-refractivity contribution in [1.82, 2.24) is 9.97 Å². The third-order valence-corrected chi connectivity index (χ3v) is 3.72. The highest BCUT2D eigenvalue weighted by atomic mass is 35.5. The molecule has 114 valence electrons. The number of aromatic nitrogens is 2. The fourth-order valence-electron chi connectivity index (χ4n) is 2.33. The lowest BCUT2D eigenvalue weighted by molar-refractivity contribution is 0.226. The second-order valence-corrected chi connectivity index (χ2v) is 5.53. The number of anilines is 1. The Morgan fingerprint density at radius 2 is 2.18 bits per heavy atom. The Balaban J connectivity index is 1.72. The van der Waals surface area contributed by atoms with Crippen LogP contribution in [0.15, 0.2) is 47.3 Å². The molecule has 22 heavy (non-hydrogen) atoms. The van der Waals surface area contributed by atoms with Gasteiger partial charge in [0.2, 0.25) is 0 Å². The summed E-state index contributed by atoms with van der Waals surface area (Å²) in [5.41, 5.74) is 0.789. The number of hydrogen-bond donors (Lipinski definition) is 2. The van der Waals surface area contributed by atoms with E-state index in [1.165, 1.54) is 6.33 Å². The Labute approximate surface area is 133 Å². The van der Waals surface area contributed by atoms with Gasteiger partial charge >= 0.3 is 0 Å². The predicted octanol–water partition coefficient (Wildman–Crippen LogP) is 3.14. The Hall–Kier alpha value is -2.11. The lowest BCUT2D eigenvalue weighted by Gasteiger charge is -2.15. The van der Waals surface area contributed by atoms with Crippen LogP contribution in [0, 0.1) is 5.92 Å². The summed E-state index contributed by atoms with van der Waals surface area (Å²) in [5.74, 6) is 1.64. The van der Waals surface area contributed by atoms with Crippen LogP contribution in [0.3, 0.4) is 0 Å². The van der Waals surface area contributed by atoms with E-state index in [2.05, 4.69) is 15.3 Å². The van der Waals surface area contributed by atoms with Crippen molar-refractivity contribution < 1.29 is 9.52 Å². The zero-order valence-electron chi connectivity index (χ0n) is 11.9. The number of rotatable bonds is 6. The van der Waals surface area contributed by atoms with E-state index < -0.39 is 0 Å². The van der Waals surface area contributed by atoms with Gasteiger partial charge < -0.3 is 14.8 Å². The SMILES string of the molecule is OC[C@@H](CNc1ncnc2cc(Cl)ccc12)Cc1ccco1. The molecule has 2 aromatic heterocycles. The van der Waals surface area contributed by atoms with Crippen molar-refractivity contribution in [2.75, 3.05) is 18.5 Å². The Morgan fingerprint density at radius 3 is 2.95 bits per heavy atom. The Bertz CT molecular complexity index is 746. The van der Waals surface area contributed by atoms with Crippen molar-refractivity contribution in [2.24, 2.45) is 5.92 Å². The number of fused-ring (bicyclic) bond motifs is 1. The summed E-state index contributed by atoms with van der Waals surface area (Å²) in [6, 6.07) is 9.25. The quantitative estimate of drug-likeness (QED) is 0.731. The van der Waals surface area contributed by atoms with Crippen LogP contribution >= 0.6 is 11.6 Å². The molecule has 6 heteroatoms. The first-order chi connectivity index (χ1) is 10.8. The first kappa shape index (κ1) is 14.8. The van der Waals surface area contributed by atoms with Gasteiger partial charge in [0.15, 0.2) is 0 Å². The molecule has 2 heterocycles. The molecule has 0 radical (unpaired) electrons. The maximum Gasteiger partial charge on any atom is 0.137 e. The number of hydrogen-bond acceptors (Lipinski definition) is 5. The molecule has 0 bridgehead atoms. The summed E-state index contributed by atoms with van der Waals surface area (Å²) in [6.07, 6.45) is 3.81. The number of aliphatic hydroxyl groups is 1. The van der Waals surface area contributed by atoms with E-state index in [0.717, 1.165) is 22.5 Å². The number of benzene rings is 1. The van der Waals surface area contributed by atoms with Crippen LogP contribution in [0.1, 0.15) is 5.76 Å². The maximum absolute atomic E-state index is 9.52. The smallest absolute Gasteiger partial charge is 0.137 e. The monoisotopic (exact) mass is 317 g/mol. The summed E-state index contributed by atoms with van der Waals surface area (Å²) >= 11 is 5.98. The van der Waals surface area contributed by atoms with Gasteiger partial charge in [-0.3, -0.25) is 0 Å². The van der Waals surface area contributed by atoms with Crippen molar-refractivity contribution in [3.63, 3.8) is 0 Å². The number of nitrogens with one attached hydrogen (secondary N) is 1. The lowest BCUT2D eigenvalue weighted by atomic mass is 10.1. The molecule has 2 N–H and O–H groups in total. The number of nitrogens with zero attached hydrogens (tertiary/aromatic N) is 2. The van der Waals surface area contributed by atoms with Crippen LogP contribution in [0.4, 0.5) is 5.82 Å². The van der Waals surface area contributed by atoms with Gasteiger partial charge in [0.1, 0.15) is 17.9 Å². The van der Waals surface area contributed by atoms with Crippen LogP contribution in [-0.2, 0) is 6.42 Å². The van der Waals surface area contributed by atoms with Gasteiger partial charge in [-0.2, -0.15) is 0 Å². The van der Waals surface area contributed by atoms with Crippen molar-refractivity contribution in [3.05, 3.63) is 53.7 Å². The summed E-state index contributed by atoms with van der Waals surface area (Å²) in [7, 11) is 0. The molecule has 0 amide bonds. The van der Waals surface area contributed by atoms with Crippen molar-refractivity contribution in [1.29, 1.82) is 0 Å². The molecule has 0 saturated carbocycles. The van der Waals surface area contributed by atoms with Crippen molar-refractivity contribution in [3.8, 4) is 0 Å². The van der Waals surface area contributed by atoms with E-state index in [9.17, 15) is 5.11 Å². The topological polar surface area (TPSA) is 71.2 Å². The average molecular weight is 318 g/mol. The minimum atomic E-state index is 0.0449. The van der Waals surface area contributed by atoms with Gasteiger partial charge in [0, 0.05) is 35.9 Å². The molecule has 0 fully saturated rings. The third-order valence-electron chi connectivity index (χ3n) is 3.48. The molecule has 0 aliphatic rings. The first-order valence-electron chi connectivity index (χ1n) is 7.03. The van der Waals surface area contributed by atoms with Crippen LogP contribution in [0.5, 0.6) is 0 Å². The molecule has 0 aliphatic carbocycles. The number of halogens is 1. The van der Waals surface area contributed by atoms with E-state index in [1.54, 1.807) is 12.3 Å². The van der Waals surface area contributed by atoms with Gasteiger partial charge in [-0.25, -0.2) is 9.97 Å². The van der Waals surface area contributed by atoms with Crippen LogP contribution in [0.2, 0.25) is 5.02 Å². The van der Waals surface area contributed by atoms with Gasteiger partial charge in [0.25, 0.3) is 0 Å². The second-order valence-electron chi connectivity index (χ2n) is 5.10. The van der Waals surface area contributed by atoms with Crippen molar-refractivity contribution in [2.45, 2.75) is 6.42 Å². The highest BCUT2D eigenvalue weighted by Gasteiger charge is 2.12. The summed E-state index contributed by atoms with van der Waals surface area (Å²) < 4.78 is 5.32. The molecule has 0 saturated heterocycles.